The lowest BCUT2D eigenvalue weighted by Crippen LogP contribution is -2.52. The van der Waals surface area contributed by atoms with Crippen LogP contribution in [0.3, 0.4) is 0 Å². The topological polar surface area (TPSA) is 48.7 Å². The monoisotopic (exact) mass is 283 g/mol. The molecule has 2 fully saturated rings. The second-order valence-electron chi connectivity index (χ2n) is 5.08. The fraction of sp³-hybridized carbons (Fsp3) is 0.615. The molecule has 1 aromatic rings. The van der Waals surface area contributed by atoms with Gasteiger partial charge >= 0.3 is 0 Å². The molecule has 1 aromatic heterocycles. The first kappa shape index (κ1) is 13.0. The SMILES string of the molecule is O=C(c1ccc(Cl)o1)N1CCN(C2CCNC2)CC1. The minimum absolute atomic E-state index is 0.0592. The van der Waals surface area contributed by atoms with Crippen molar-refractivity contribution >= 4 is 17.5 Å². The molecular formula is C13H18ClN3O2. The van der Waals surface area contributed by atoms with Gasteiger partial charge in [0.2, 0.25) is 0 Å². The van der Waals surface area contributed by atoms with Gasteiger partial charge in [0.1, 0.15) is 0 Å². The summed E-state index contributed by atoms with van der Waals surface area (Å²) in [7, 11) is 0. The van der Waals surface area contributed by atoms with Crippen molar-refractivity contribution in [1.29, 1.82) is 0 Å². The van der Waals surface area contributed by atoms with Gasteiger partial charge in [-0.1, -0.05) is 0 Å². The van der Waals surface area contributed by atoms with E-state index in [1.807, 2.05) is 4.90 Å². The fourth-order valence-corrected chi connectivity index (χ4v) is 2.97. The van der Waals surface area contributed by atoms with Crippen molar-refractivity contribution < 1.29 is 9.21 Å². The Labute approximate surface area is 117 Å². The maximum Gasteiger partial charge on any atom is 0.289 e. The third kappa shape index (κ3) is 2.78. The third-order valence-electron chi connectivity index (χ3n) is 3.94. The highest BCUT2D eigenvalue weighted by molar-refractivity contribution is 6.29. The highest BCUT2D eigenvalue weighted by atomic mass is 35.5. The van der Waals surface area contributed by atoms with Crippen molar-refractivity contribution in [3.05, 3.63) is 23.1 Å². The highest BCUT2D eigenvalue weighted by Gasteiger charge is 2.28. The number of furan rings is 1. The van der Waals surface area contributed by atoms with E-state index in [2.05, 4.69) is 10.2 Å². The lowest BCUT2D eigenvalue weighted by molar-refractivity contribution is 0.0555. The average molecular weight is 284 g/mol. The van der Waals surface area contributed by atoms with Gasteiger partial charge in [0.15, 0.2) is 11.0 Å². The Balaban J connectivity index is 1.56. The van der Waals surface area contributed by atoms with Crippen molar-refractivity contribution in [3.8, 4) is 0 Å². The van der Waals surface area contributed by atoms with E-state index in [1.54, 1.807) is 12.1 Å². The molecule has 3 heterocycles. The van der Waals surface area contributed by atoms with Crippen molar-refractivity contribution in [1.82, 2.24) is 15.1 Å². The number of hydrogen-bond acceptors (Lipinski definition) is 4. The number of piperazine rings is 1. The zero-order valence-corrected chi connectivity index (χ0v) is 11.5. The molecule has 0 saturated carbocycles. The standard InChI is InChI=1S/C13H18ClN3O2/c14-12-2-1-11(19-12)13(18)17-7-5-16(6-8-17)10-3-4-15-9-10/h1-2,10,15H,3-9H2. The van der Waals surface area contributed by atoms with Gasteiger partial charge in [-0.15, -0.1) is 0 Å². The predicted octanol–water partition coefficient (Wildman–Crippen LogP) is 1.05. The average Bonchev–Trinajstić information content (AvgIpc) is 3.09. The first-order valence-corrected chi connectivity index (χ1v) is 7.11. The molecule has 2 aliphatic rings. The number of halogens is 1. The van der Waals surface area contributed by atoms with Crippen LogP contribution in [0.2, 0.25) is 5.22 Å². The van der Waals surface area contributed by atoms with Gasteiger partial charge in [-0.25, -0.2) is 0 Å². The normalized spacial score (nSPS) is 24.9. The summed E-state index contributed by atoms with van der Waals surface area (Å²) >= 11 is 5.70. The molecular weight excluding hydrogens is 266 g/mol. The Bertz CT molecular complexity index is 448. The van der Waals surface area contributed by atoms with Crippen LogP contribution in [-0.2, 0) is 0 Å². The van der Waals surface area contributed by atoms with Crippen LogP contribution in [0.1, 0.15) is 17.0 Å². The number of carbonyl (C=O) groups excluding carboxylic acids is 1. The number of carbonyl (C=O) groups is 1. The molecule has 6 heteroatoms. The Morgan fingerprint density at radius 3 is 2.68 bits per heavy atom. The largest absolute Gasteiger partial charge is 0.440 e. The Morgan fingerprint density at radius 2 is 2.11 bits per heavy atom. The van der Waals surface area contributed by atoms with E-state index < -0.39 is 0 Å². The summed E-state index contributed by atoms with van der Waals surface area (Å²) < 4.78 is 5.18. The van der Waals surface area contributed by atoms with E-state index >= 15 is 0 Å². The van der Waals surface area contributed by atoms with Crippen LogP contribution in [-0.4, -0.2) is 61.0 Å². The molecule has 0 aromatic carbocycles. The molecule has 2 aliphatic heterocycles. The maximum atomic E-state index is 12.2. The zero-order valence-electron chi connectivity index (χ0n) is 10.8. The van der Waals surface area contributed by atoms with Crippen LogP contribution in [0.25, 0.3) is 0 Å². The maximum absolute atomic E-state index is 12.2. The molecule has 104 valence electrons. The second kappa shape index (κ2) is 5.53. The first-order chi connectivity index (χ1) is 9.24. The number of nitrogens with one attached hydrogen (secondary N) is 1. The number of nitrogens with zero attached hydrogens (tertiary/aromatic N) is 2. The number of amides is 1. The summed E-state index contributed by atoms with van der Waals surface area (Å²) in [5.41, 5.74) is 0. The minimum Gasteiger partial charge on any atom is -0.440 e. The van der Waals surface area contributed by atoms with Crippen LogP contribution >= 0.6 is 11.6 Å². The van der Waals surface area contributed by atoms with E-state index in [1.165, 1.54) is 6.42 Å². The Hall–Kier alpha value is -1.04. The van der Waals surface area contributed by atoms with E-state index in [9.17, 15) is 4.79 Å². The van der Waals surface area contributed by atoms with Crippen LogP contribution in [0.5, 0.6) is 0 Å². The van der Waals surface area contributed by atoms with Gasteiger partial charge < -0.3 is 14.6 Å². The zero-order chi connectivity index (χ0) is 13.2. The smallest absolute Gasteiger partial charge is 0.289 e. The van der Waals surface area contributed by atoms with Crippen LogP contribution < -0.4 is 5.32 Å². The molecule has 19 heavy (non-hydrogen) atoms. The molecule has 1 atom stereocenters. The Morgan fingerprint density at radius 1 is 1.32 bits per heavy atom. The van der Waals surface area contributed by atoms with E-state index in [0.29, 0.717) is 11.8 Å². The van der Waals surface area contributed by atoms with Crippen molar-refractivity contribution in [3.63, 3.8) is 0 Å². The summed E-state index contributed by atoms with van der Waals surface area (Å²) in [6.45, 7) is 5.57. The summed E-state index contributed by atoms with van der Waals surface area (Å²) in [5, 5.41) is 3.64. The van der Waals surface area contributed by atoms with Crippen molar-refractivity contribution in [2.45, 2.75) is 12.5 Å². The second-order valence-corrected chi connectivity index (χ2v) is 5.45. The summed E-state index contributed by atoms with van der Waals surface area (Å²) in [4.78, 5) is 16.5. The van der Waals surface area contributed by atoms with Crippen LogP contribution in [0.4, 0.5) is 0 Å². The van der Waals surface area contributed by atoms with E-state index in [-0.39, 0.29) is 11.1 Å². The molecule has 0 spiro atoms. The Kier molecular flexibility index (Phi) is 3.77. The molecule has 5 nitrogen and oxygen atoms in total. The van der Waals surface area contributed by atoms with Gasteiger partial charge in [-0.2, -0.15) is 0 Å². The van der Waals surface area contributed by atoms with Gasteiger partial charge in [-0.3, -0.25) is 9.69 Å². The van der Waals surface area contributed by atoms with Crippen molar-refractivity contribution in [2.24, 2.45) is 0 Å². The predicted molar refractivity (Wildman–Crippen MR) is 72.5 cm³/mol. The van der Waals surface area contributed by atoms with Gasteiger partial charge in [-0.05, 0) is 36.7 Å². The molecule has 0 bridgehead atoms. The molecule has 0 aliphatic carbocycles. The fourth-order valence-electron chi connectivity index (χ4n) is 2.83. The lowest BCUT2D eigenvalue weighted by Gasteiger charge is -2.37. The summed E-state index contributed by atoms with van der Waals surface area (Å²) in [5.74, 6) is 0.275. The summed E-state index contributed by atoms with van der Waals surface area (Å²) in [6, 6.07) is 3.88. The highest BCUT2D eigenvalue weighted by Crippen LogP contribution is 2.17. The van der Waals surface area contributed by atoms with E-state index in [4.69, 9.17) is 16.0 Å². The number of rotatable bonds is 2. The summed E-state index contributed by atoms with van der Waals surface area (Å²) in [6.07, 6.45) is 1.21. The molecule has 1 N–H and O–H groups in total. The van der Waals surface area contributed by atoms with Crippen molar-refractivity contribution in [2.75, 3.05) is 39.3 Å². The first-order valence-electron chi connectivity index (χ1n) is 6.73. The quantitative estimate of drug-likeness (QED) is 0.882. The van der Waals surface area contributed by atoms with Gasteiger partial charge in [0.25, 0.3) is 5.91 Å². The van der Waals surface area contributed by atoms with Gasteiger partial charge in [0, 0.05) is 38.8 Å². The lowest BCUT2D eigenvalue weighted by atomic mass is 10.2. The number of hydrogen-bond donors (Lipinski definition) is 1. The molecule has 1 unspecified atom stereocenters. The molecule has 3 rings (SSSR count). The minimum atomic E-state index is -0.0592. The molecule has 0 radical (unpaired) electrons. The van der Waals surface area contributed by atoms with Crippen LogP contribution in [0, 0.1) is 0 Å². The third-order valence-corrected chi connectivity index (χ3v) is 4.14. The molecule has 1 amide bonds. The molecule has 2 saturated heterocycles. The van der Waals surface area contributed by atoms with Gasteiger partial charge in [0.05, 0.1) is 0 Å². The van der Waals surface area contributed by atoms with E-state index in [0.717, 1.165) is 39.3 Å². The van der Waals surface area contributed by atoms with Crippen LogP contribution in [0.15, 0.2) is 16.5 Å².